The van der Waals surface area contributed by atoms with Gasteiger partial charge in [0.05, 0.1) is 6.54 Å². The molecule has 2 aromatic carbocycles. The average Bonchev–Trinajstić information content (AvgIpc) is 2.72. The Morgan fingerprint density at radius 3 is 2.50 bits per heavy atom. The van der Waals surface area contributed by atoms with Crippen LogP contribution in [-0.2, 0) is 13.1 Å². The van der Waals surface area contributed by atoms with Crippen LogP contribution in [0.15, 0.2) is 53.5 Å². The maximum atomic E-state index is 12.4. The van der Waals surface area contributed by atoms with Gasteiger partial charge in [-0.05, 0) is 56.8 Å². The van der Waals surface area contributed by atoms with Crippen molar-refractivity contribution < 1.29 is 4.79 Å². The van der Waals surface area contributed by atoms with E-state index in [1.807, 2.05) is 50.3 Å². The fraction of sp³-hybridized carbons (Fsp3) is 0.417. The first kappa shape index (κ1) is 23.4. The van der Waals surface area contributed by atoms with E-state index in [4.69, 9.17) is 4.99 Å². The van der Waals surface area contributed by atoms with Crippen molar-refractivity contribution in [3.8, 4) is 0 Å². The second-order valence-electron chi connectivity index (χ2n) is 7.71. The van der Waals surface area contributed by atoms with Crippen molar-refractivity contribution in [1.29, 1.82) is 0 Å². The van der Waals surface area contributed by atoms with Crippen molar-refractivity contribution in [2.45, 2.75) is 26.9 Å². The summed E-state index contributed by atoms with van der Waals surface area (Å²) in [4.78, 5) is 21.3. The third kappa shape index (κ3) is 7.52. The van der Waals surface area contributed by atoms with Crippen LogP contribution in [0.2, 0.25) is 0 Å². The fourth-order valence-electron chi connectivity index (χ4n) is 3.06. The summed E-state index contributed by atoms with van der Waals surface area (Å²) in [5.41, 5.74) is 4.23. The predicted molar refractivity (Wildman–Crippen MR) is 125 cm³/mol. The summed E-state index contributed by atoms with van der Waals surface area (Å²) in [6.45, 7) is 7.73. The van der Waals surface area contributed by atoms with Crippen molar-refractivity contribution in [2.24, 2.45) is 4.99 Å². The Morgan fingerprint density at radius 1 is 1.03 bits per heavy atom. The third-order valence-electron chi connectivity index (χ3n) is 4.81. The molecule has 0 saturated carbocycles. The van der Waals surface area contributed by atoms with Gasteiger partial charge in [-0.15, -0.1) is 0 Å². The number of guanidine groups is 1. The molecular weight excluding hydrogens is 374 g/mol. The number of carbonyl (C=O) groups excluding carboxylic acids is 1. The maximum absolute atomic E-state index is 12.4. The van der Waals surface area contributed by atoms with Crippen molar-refractivity contribution in [2.75, 3.05) is 40.8 Å². The van der Waals surface area contributed by atoms with E-state index >= 15 is 0 Å². The molecule has 30 heavy (non-hydrogen) atoms. The number of aryl methyl sites for hydroxylation is 1. The van der Waals surface area contributed by atoms with Crippen LogP contribution in [0.4, 0.5) is 0 Å². The minimum Gasteiger partial charge on any atom is -0.357 e. The zero-order valence-electron chi connectivity index (χ0n) is 18.9. The summed E-state index contributed by atoms with van der Waals surface area (Å²) < 4.78 is 0. The van der Waals surface area contributed by atoms with Gasteiger partial charge in [0, 0.05) is 38.8 Å². The zero-order valence-corrected chi connectivity index (χ0v) is 18.9. The fourth-order valence-corrected chi connectivity index (χ4v) is 3.06. The van der Waals surface area contributed by atoms with E-state index in [9.17, 15) is 4.79 Å². The van der Waals surface area contributed by atoms with Gasteiger partial charge in [-0.3, -0.25) is 4.79 Å². The maximum Gasteiger partial charge on any atom is 0.251 e. The van der Waals surface area contributed by atoms with E-state index in [0.29, 0.717) is 18.7 Å². The Morgan fingerprint density at radius 2 is 1.80 bits per heavy atom. The highest BCUT2D eigenvalue weighted by molar-refractivity contribution is 5.94. The molecule has 0 aromatic heterocycles. The molecule has 1 amide bonds. The van der Waals surface area contributed by atoms with E-state index in [2.05, 4.69) is 53.6 Å². The molecule has 0 saturated heterocycles. The summed E-state index contributed by atoms with van der Waals surface area (Å²) in [6, 6.07) is 16.1. The van der Waals surface area contributed by atoms with Gasteiger partial charge in [0.15, 0.2) is 5.96 Å². The number of nitrogens with one attached hydrogen (secondary N) is 2. The smallest absolute Gasteiger partial charge is 0.251 e. The normalized spacial score (nSPS) is 11.5. The summed E-state index contributed by atoms with van der Waals surface area (Å²) in [5, 5.41) is 6.32. The highest BCUT2D eigenvalue weighted by Crippen LogP contribution is 2.11. The number of rotatable bonds is 9. The van der Waals surface area contributed by atoms with Crippen LogP contribution in [-0.4, -0.2) is 62.4 Å². The molecule has 0 atom stereocenters. The number of hydrogen-bond acceptors (Lipinski definition) is 3. The molecule has 0 spiro atoms. The van der Waals surface area contributed by atoms with Crippen molar-refractivity contribution in [1.82, 2.24) is 20.4 Å². The van der Waals surface area contributed by atoms with Gasteiger partial charge in [-0.2, -0.15) is 0 Å². The molecule has 0 fully saturated rings. The van der Waals surface area contributed by atoms with Crippen molar-refractivity contribution in [3.05, 3.63) is 70.8 Å². The van der Waals surface area contributed by atoms with Gasteiger partial charge in [-0.25, -0.2) is 4.99 Å². The van der Waals surface area contributed by atoms with E-state index in [0.717, 1.165) is 31.2 Å². The molecule has 0 radical (unpaired) electrons. The van der Waals surface area contributed by atoms with Crippen LogP contribution < -0.4 is 10.6 Å². The average molecular weight is 410 g/mol. The van der Waals surface area contributed by atoms with Crippen LogP contribution in [0.5, 0.6) is 0 Å². The highest BCUT2D eigenvalue weighted by Gasteiger charge is 2.09. The lowest BCUT2D eigenvalue weighted by molar-refractivity contribution is 0.0951. The summed E-state index contributed by atoms with van der Waals surface area (Å²) in [5.74, 6) is 0.799. The Balaban J connectivity index is 2.05. The van der Waals surface area contributed by atoms with Gasteiger partial charge >= 0.3 is 0 Å². The largest absolute Gasteiger partial charge is 0.357 e. The van der Waals surface area contributed by atoms with Gasteiger partial charge in [0.25, 0.3) is 5.91 Å². The first-order chi connectivity index (χ1) is 14.4. The summed E-state index contributed by atoms with van der Waals surface area (Å²) in [7, 11) is 6.02. The minimum atomic E-state index is -0.0498. The molecule has 0 aliphatic heterocycles. The van der Waals surface area contributed by atoms with Gasteiger partial charge < -0.3 is 20.4 Å². The van der Waals surface area contributed by atoms with Gasteiger partial charge in [0.2, 0.25) is 0 Å². The van der Waals surface area contributed by atoms with E-state index < -0.39 is 0 Å². The quantitative estimate of drug-likeness (QED) is 0.494. The molecule has 0 aliphatic carbocycles. The lowest BCUT2D eigenvalue weighted by Gasteiger charge is -2.23. The number of nitrogens with zero attached hydrogens (tertiary/aromatic N) is 3. The first-order valence-electron chi connectivity index (χ1n) is 10.5. The Bertz CT molecular complexity index is 847. The second kappa shape index (κ2) is 12.0. The molecule has 6 nitrogen and oxygen atoms in total. The number of benzene rings is 2. The Kier molecular flexibility index (Phi) is 9.35. The monoisotopic (exact) mass is 409 g/mol. The number of aliphatic imine (C=N–C) groups is 1. The highest BCUT2D eigenvalue weighted by atomic mass is 16.1. The lowest BCUT2D eigenvalue weighted by atomic mass is 10.1. The van der Waals surface area contributed by atoms with Gasteiger partial charge in [0.1, 0.15) is 0 Å². The lowest BCUT2D eigenvalue weighted by Crippen LogP contribution is -2.38. The van der Waals surface area contributed by atoms with Crippen LogP contribution in [0.25, 0.3) is 0 Å². The van der Waals surface area contributed by atoms with E-state index in [1.165, 1.54) is 11.1 Å². The third-order valence-corrected chi connectivity index (χ3v) is 4.81. The number of likely N-dealkylation sites (N-methyl/N-ethyl adjacent to an activating group) is 1. The standard InChI is InChI=1S/C24H35N5O/c1-6-25-24(29(5)18-22-12-8-7-10-19(22)2)27-17-20-11-9-13-21(16-20)23(30)26-14-15-28(3)4/h7-13,16H,6,14-15,17-18H2,1-5H3,(H,25,27)(H,26,30). The molecule has 0 bridgehead atoms. The van der Waals surface area contributed by atoms with Crippen molar-refractivity contribution in [3.63, 3.8) is 0 Å². The topological polar surface area (TPSA) is 60.0 Å². The van der Waals surface area contributed by atoms with Crippen LogP contribution in [0.1, 0.15) is 34.0 Å². The molecule has 2 rings (SSSR count). The van der Waals surface area contributed by atoms with Gasteiger partial charge in [-0.1, -0.05) is 36.4 Å². The van der Waals surface area contributed by atoms with E-state index in [1.54, 1.807) is 0 Å². The molecular formula is C24H35N5O. The number of carbonyl (C=O) groups is 1. The predicted octanol–water partition coefficient (Wildman–Crippen LogP) is 2.88. The minimum absolute atomic E-state index is 0.0498. The van der Waals surface area contributed by atoms with Crippen LogP contribution >= 0.6 is 0 Å². The summed E-state index contributed by atoms with van der Waals surface area (Å²) in [6.07, 6.45) is 0. The molecule has 162 valence electrons. The molecule has 0 heterocycles. The zero-order chi connectivity index (χ0) is 21.9. The van der Waals surface area contributed by atoms with Crippen LogP contribution in [0.3, 0.4) is 0 Å². The molecule has 0 aliphatic rings. The SMILES string of the molecule is CCNC(=NCc1cccc(C(=O)NCCN(C)C)c1)N(C)Cc1ccccc1C. The van der Waals surface area contributed by atoms with E-state index in [-0.39, 0.29) is 5.91 Å². The summed E-state index contributed by atoms with van der Waals surface area (Å²) >= 11 is 0. The first-order valence-corrected chi connectivity index (χ1v) is 10.5. The van der Waals surface area contributed by atoms with Crippen molar-refractivity contribution >= 4 is 11.9 Å². The molecule has 2 N–H and O–H groups in total. The number of amides is 1. The second-order valence-corrected chi connectivity index (χ2v) is 7.71. The van der Waals surface area contributed by atoms with Crippen LogP contribution in [0, 0.1) is 6.92 Å². The Hall–Kier alpha value is -2.86. The molecule has 6 heteroatoms. The molecule has 2 aromatic rings. The Labute approximate surface area is 181 Å². The molecule has 0 unspecified atom stereocenters. The number of hydrogen-bond donors (Lipinski definition) is 2.